The third kappa shape index (κ3) is 5.16. The number of rotatable bonds is 7. The molecule has 2 heterocycles. The van der Waals surface area contributed by atoms with Crippen LogP contribution in [0.15, 0.2) is 85.1 Å². The molecule has 0 aliphatic carbocycles. The number of aromatic nitrogens is 2. The molecule has 1 fully saturated rings. The van der Waals surface area contributed by atoms with Crippen LogP contribution in [0.5, 0.6) is 0 Å². The van der Waals surface area contributed by atoms with Crippen molar-refractivity contribution in [2.75, 3.05) is 32.7 Å². The average molecular weight is 471 g/mol. The number of carbonyl (C=O) groups is 1. The van der Waals surface area contributed by atoms with E-state index in [2.05, 4.69) is 34.3 Å². The molecule has 5 rings (SSSR count). The van der Waals surface area contributed by atoms with Crippen molar-refractivity contribution in [3.05, 3.63) is 96.4 Å². The highest BCUT2D eigenvalue weighted by Crippen LogP contribution is 2.31. The maximum atomic E-state index is 14.9. The number of halogens is 1. The van der Waals surface area contributed by atoms with Gasteiger partial charge < -0.3 is 5.11 Å². The molecular formula is C28H27FN4O2. The summed E-state index contributed by atoms with van der Waals surface area (Å²) in [6, 6.07) is 25.1. The number of carboxylic acid groups (broad SMARTS) is 1. The summed E-state index contributed by atoms with van der Waals surface area (Å²) in [7, 11) is 0. The fourth-order valence-corrected chi connectivity index (χ4v) is 4.60. The molecule has 1 saturated heterocycles. The van der Waals surface area contributed by atoms with E-state index in [4.69, 9.17) is 5.11 Å². The van der Waals surface area contributed by atoms with Crippen LogP contribution in [0.1, 0.15) is 5.56 Å². The van der Waals surface area contributed by atoms with Gasteiger partial charge in [0.05, 0.1) is 24.1 Å². The number of hydrogen-bond acceptors (Lipinski definition) is 4. The summed E-state index contributed by atoms with van der Waals surface area (Å²) in [5.41, 5.74) is 5.29. The van der Waals surface area contributed by atoms with Gasteiger partial charge in [0.15, 0.2) is 0 Å². The second-order valence-electron chi connectivity index (χ2n) is 8.77. The molecule has 1 aliphatic rings. The maximum Gasteiger partial charge on any atom is 0.317 e. The molecule has 178 valence electrons. The first-order chi connectivity index (χ1) is 17.1. The Morgan fingerprint density at radius 3 is 2.14 bits per heavy atom. The van der Waals surface area contributed by atoms with Gasteiger partial charge in [-0.25, -0.2) is 9.07 Å². The minimum atomic E-state index is -0.806. The molecule has 4 aromatic rings. The first kappa shape index (κ1) is 23.0. The lowest BCUT2D eigenvalue weighted by atomic mass is 10.0. The third-order valence-electron chi connectivity index (χ3n) is 6.41. The molecule has 1 aliphatic heterocycles. The van der Waals surface area contributed by atoms with E-state index >= 15 is 0 Å². The number of nitrogens with zero attached hydrogens (tertiary/aromatic N) is 4. The largest absolute Gasteiger partial charge is 0.480 e. The SMILES string of the molecule is O=C(O)CN1CCN(Cc2cnn(-c3ccc(-c4ccccc4)cc3)c2-c2ccccc2F)CC1. The van der Waals surface area contributed by atoms with Crippen molar-refractivity contribution in [1.29, 1.82) is 0 Å². The summed E-state index contributed by atoms with van der Waals surface area (Å²) in [5, 5.41) is 13.7. The van der Waals surface area contributed by atoms with Gasteiger partial charge in [0.1, 0.15) is 5.82 Å². The first-order valence-electron chi connectivity index (χ1n) is 11.7. The van der Waals surface area contributed by atoms with Crippen LogP contribution in [0, 0.1) is 5.82 Å². The predicted molar refractivity (Wildman–Crippen MR) is 134 cm³/mol. The van der Waals surface area contributed by atoms with Gasteiger partial charge in [-0.15, -0.1) is 0 Å². The fraction of sp³-hybridized carbons (Fsp3) is 0.214. The molecule has 0 bridgehead atoms. The van der Waals surface area contributed by atoms with Crippen molar-refractivity contribution in [3.8, 4) is 28.1 Å². The molecule has 6 nitrogen and oxygen atoms in total. The lowest BCUT2D eigenvalue weighted by Crippen LogP contribution is -2.47. The Hall–Kier alpha value is -3.81. The summed E-state index contributed by atoms with van der Waals surface area (Å²) in [6.07, 6.45) is 1.82. The van der Waals surface area contributed by atoms with Gasteiger partial charge in [-0.05, 0) is 35.4 Å². The zero-order chi connectivity index (χ0) is 24.2. The molecule has 0 radical (unpaired) electrons. The average Bonchev–Trinajstić information content (AvgIpc) is 3.29. The molecule has 35 heavy (non-hydrogen) atoms. The van der Waals surface area contributed by atoms with Gasteiger partial charge in [0.25, 0.3) is 0 Å². The van der Waals surface area contributed by atoms with Crippen molar-refractivity contribution in [2.45, 2.75) is 6.54 Å². The Bertz CT molecular complexity index is 1300. The van der Waals surface area contributed by atoms with E-state index < -0.39 is 5.97 Å². The molecule has 0 saturated carbocycles. The minimum Gasteiger partial charge on any atom is -0.480 e. The Morgan fingerprint density at radius 1 is 0.829 bits per heavy atom. The summed E-state index contributed by atoms with van der Waals surface area (Å²) in [4.78, 5) is 15.2. The Morgan fingerprint density at radius 2 is 1.46 bits per heavy atom. The quantitative estimate of drug-likeness (QED) is 0.430. The zero-order valence-corrected chi connectivity index (χ0v) is 19.3. The van der Waals surface area contributed by atoms with Gasteiger partial charge in [-0.1, -0.05) is 54.6 Å². The summed E-state index contributed by atoms with van der Waals surface area (Å²) in [5.74, 6) is -1.09. The van der Waals surface area contributed by atoms with Gasteiger partial charge in [0, 0.05) is 43.9 Å². The molecule has 0 unspecified atom stereocenters. The van der Waals surface area contributed by atoms with Crippen molar-refractivity contribution in [1.82, 2.24) is 19.6 Å². The maximum absolute atomic E-state index is 14.9. The molecule has 7 heteroatoms. The second-order valence-corrected chi connectivity index (χ2v) is 8.77. The van der Waals surface area contributed by atoms with Crippen molar-refractivity contribution in [3.63, 3.8) is 0 Å². The Labute approximate surface area is 203 Å². The number of aliphatic carboxylic acids is 1. The Balaban J connectivity index is 1.44. The topological polar surface area (TPSA) is 61.6 Å². The number of hydrogen-bond donors (Lipinski definition) is 1. The lowest BCUT2D eigenvalue weighted by molar-refractivity contribution is -0.138. The van der Waals surface area contributed by atoms with Crippen LogP contribution in [-0.2, 0) is 11.3 Å². The van der Waals surface area contributed by atoms with Crippen LogP contribution in [0.25, 0.3) is 28.1 Å². The number of carboxylic acids is 1. The molecule has 1 N–H and O–H groups in total. The minimum absolute atomic E-state index is 0.0607. The van der Waals surface area contributed by atoms with E-state index in [0.717, 1.165) is 41.2 Å². The normalized spacial score (nSPS) is 14.8. The third-order valence-corrected chi connectivity index (χ3v) is 6.41. The van der Waals surface area contributed by atoms with Crippen LogP contribution in [0.3, 0.4) is 0 Å². The predicted octanol–water partition coefficient (Wildman–Crippen LogP) is 4.55. The molecule has 0 amide bonds. The van der Waals surface area contributed by atoms with Crippen LogP contribution in [0.2, 0.25) is 0 Å². The molecule has 0 spiro atoms. The molecule has 1 aromatic heterocycles. The van der Waals surface area contributed by atoms with Gasteiger partial charge in [-0.3, -0.25) is 14.6 Å². The summed E-state index contributed by atoms with van der Waals surface area (Å²) in [6.45, 7) is 3.56. The summed E-state index contributed by atoms with van der Waals surface area (Å²) < 4.78 is 16.8. The van der Waals surface area contributed by atoms with E-state index in [9.17, 15) is 9.18 Å². The highest BCUT2D eigenvalue weighted by molar-refractivity contribution is 5.69. The van der Waals surface area contributed by atoms with Gasteiger partial charge in [0.2, 0.25) is 0 Å². The highest BCUT2D eigenvalue weighted by Gasteiger charge is 2.23. The smallest absolute Gasteiger partial charge is 0.317 e. The molecular weight excluding hydrogens is 443 g/mol. The lowest BCUT2D eigenvalue weighted by Gasteiger charge is -2.33. The van der Waals surface area contributed by atoms with E-state index in [1.807, 2.05) is 52.2 Å². The van der Waals surface area contributed by atoms with Crippen LogP contribution < -0.4 is 0 Å². The zero-order valence-electron chi connectivity index (χ0n) is 19.3. The second kappa shape index (κ2) is 10.2. The van der Waals surface area contributed by atoms with Crippen LogP contribution in [0.4, 0.5) is 4.39 Å². The van der Waals surface area contributed by atoms with Crippen LogP contribution >= 0.6 is 0 Å². The van der Waals surface area contributed by atoms with E-state index in [-0.39, 0.29) is 12.4 Å². The monoisotopic (exact) mass is 470 g/mol. The van der Waals surface area contributed by atoms with Gasteiger partial charge in [-0.2, -0.15) is 5.10 Å². The van der Waals surface area contributed by atoms with Crippen molar-refractivity contribution >= 4 is 5.97 Å². The van der Waals surface area contributed by atoms with Crippen molar-refractivity contribution < 1.29 is 14.3 Å². The number of piperazine rings is 1. The summed E-state index contributed by atoms with van der Waals surface area (Å²) >= 11 is 0. The fourth-order valence-electron chi connectivity index (χ4n) is 4.60. The van der Waals surface area contributed by atoms with E-state index in [1.165, 1.54) is 6.07 Å². The first-order valence-corrected chi connectivity index (χ1v) is 11.7. The molecule has 0 atom stereocenters. The standard InChI is InChI=1S/C28H27FN4O2/c29-26-9-5-4-8-25(26)28-23(19-31-14-16-32(17-15-31)20-27(34)35)18-30-33(28)24-12-10-22(11-13-24)21-6-2-1-3-7-21/h1-13,18H,14-17,19-20H2,(H,34,35). The van der Waals surface area contributed by atoms with Crippen molar-refractivity contribution in [2.24, 2.45) is 0 Å². The number of benzene rings is 3. The van der Waals surface area contributed by atoms with Crippen LogP contribution in [-0.4, -0.2) is 63.4 Å². The van der Waals surface area contributed by atoms with E-state index in [0.29, 0.717) is 25.2 Å². The van der Waals surface area contributed by atoms with E-state index in [1.54, 1.807) is 12.1 Å². The Kier molecular flexibility index (Phi) is 6.70. The van der Waals surface area contributed by atoms with Gasteiger partial charge >= 0.3 is 5.97 Å². The molecule has 3 aromatic carbocycles. The highest BCUT2D eigenvalue weighted by atomic mass is 19.1.